The number of piperidine rings is 1. The number of nitrogens with zero attached hydrogens (tertiary/aromatic N) is 2. The summed E-state index contributed by atoms with van der Waals surface area (Å²) in [6.45, 7) is 2.16. The third kappa shape index (κ3) is 2.60. The fourth-order valence-electron chi connectivity index (χ4n) is 1.53. The highest BCUT2D eigenvalue weighted by Crippen LogP contribution is 2.05. The van der Waals surface area contributed by atoms with Crippen LogP contribution in [-0.4, -0.2) is 24.3 Å². The van der Waals surface area contributed by atoms with Crippen LogP contribution in [0.15, 0.2) is 27.9 Å². The first-order chi connectivity index (χ1) is 6.95. The third-order valence-electron chi connectivity index (χ3n) is 2.29. The number of hydrogen-bond acceptors (Lipinski definition) is 4. The van der Waals surface area contributed by atoms with Gasteiger partial charge in [-0.05, 0) is 25.0 Å². The molecule has 1 aromatic heterocycles. The van der Waals surface area contributed by atoms with Crippen molar-refractivity contribution in [2.24, 2.45) is 5.10 Å². The Morgan fingerprint density at radius 2 is 2.21 bits per heavy atom. The van der Waals surface area contributed by atoms with E-state index >= 15 is 0 Å². The van der Waals surface area contributed by atoms with Crippen molar-refractivity contribution in [2.75, 3.05) is 13.1 Å². The maximum absolute atomic E-state index is 5.12. The van der Waals surface area contributed by atoms with Crippen molar-refractivity contribution >= 4 is 6.21 Å². The van der Waals surface area contributed by atoms with Crippen molar-refractivity contribution in [1.82, 2.24) is 10.5 Å². The summed E-state index contributed by atoms with van der Waals surface area (Å²) in [4.78, 5) is 0. The molecular weight excluding hydrogens is 178 g/mol. The van der Waals surface area contributed by atoms with Gasteiger partial charge >= 0.3 is 0 Å². The van der Waals surface area contributed by atoms with Crippen LogP contribution in [0.2, 0.25) is 0 Å². The van der Waals surface area contributed by atoms with Crippen molar-refractivity contribution in [1.29, 1.82) is 0 Å². The average Bonchev–Trinajstić information content (AvgIpc) is 2.72. The first-order valence-electron chi connectivity index (χ1n) is 5.02. The van der Waals surface area contributed by atoms with Gasteiger partial charge in [0.1, 0.15) is 5.76 Å². The predicted molar refractivity (Wildman–Crippen MR) is 54.9 cm³/mol. The quantitative estimate of drug-likeness (QED) is 0.585. The van der Waals surface area contributed by atoms with Crippen LogP contribution in [0.1, 0.15) is 25.0 Å². The van der Waals surface area contributed by atoms with Gasteiger partial charge in [-0.1, -0.05) is 6.42 Å². The summed E-state index contributed by atoms with van der Waals surface area (Å²) in [5, 5.41) is 6.22. The summed E-state index contributed by atoms with van der Waals surface area (Å²) in [7, 11) is 0. The molecule has 0 amide bonds. The number of furan rings is 1. The molecule has 2 heterocycles. The largest absolute Gasteiger partial charge is 0.463 e. The molecule has 2 rings (SSSR count). The second-order valence-corrected chi connectivity index (χ2v) is 3.42. The van der Waals surface area contributed by atoms with E-state index in [2.05, 4.69) is 15.6 Å². The Hall–Kier alpha value is -1.29. The zero-order valence-corrected chi connectivity index (χ0v) is 8.15. The molecular formula is C10H15N3O. The van der Waals surface area contributed by atoms with E-state index in [0.29, 0.717) is 0 Å². The molecule has 1 aromatic rings. The number of hydrazone groups is 1. The number of rotatable bonds is 3. The van der Waals surface area contributed by atoms with Crippen LogP contribution in [0.25, 0.3) is 0 Å². The molecule has 14 heavy (non-hydrogen) atoms. The zero-order valence-electron chi connectivity index (χ0n) is 8.15. The fraction of sp³-hybridized carbons (Fsp3) is 0.500. The molecule has 1 N–H and O–H groups in total. The lowest BCUT2D eigenvalue weighted by molar-refractivity contribution is 0.158. The van der Waals surface area contributed by atoms with E-state index < -0.39 is 0 Å². The topological polar surface area (TPSA) is 40.8 Å². The second-order valence-electron chi connectivity index (χ2n) is 3.42. The molecule has 0 spiro atoms. The van der Waals surface area contributed by atoms with Gasteiger partial charge < -0.3 is 4.42 Å². The van der Waals surface area contributed by atoms with Gasteiger partial charge in [0.15, 0.2) is 0 Å². The lowest BCUT2D eigenvalue weighted by Crippen LogP contribution is -2.38. The highest BCUT2D eigenvalue weighted by Gasteiger charge is 2.07. The van der Waals surface area contributed by atoms with E-state index in [0.717, 1.165) is 18.8 Å². The summed E-state index contributed by atoms with van der Waals surface area (Å²) in [6.07, 6.45) is 7.17. The minimum atomic E-state index is 0.773. The van der Waals surface area contributed by atoms with E-state index in [1.54, 1.807) is 12.5 Å². The third-order valence-corrected chi connectivity index (χ3v) is 2.29. The summed E-state index contributed by atoms with van der Waals surface area (Å²) in [5.74, 6) is 0.773. The molecule has 0 saturated carbocycles. The van der Waals surface area contributed by atoms with Gasteiger partial charge in [0.25, 0.3) is 0 Å². The van der Waals surface area contributed by atoms with Crippen molar-refractivity contribution in [3.05, 3.63) is 24.2 Å². The molecule has 0 bridgehead atoms. The Kier molecular flexibility index (Phi) is 3.19. The minimum Gasteiger partial charge on any atom is -0.463 e. The summed E-state index contributed by atoms with van der Waals surface area (Å²) < 4.78 is 5.12. The van der Waals surface area contributed by atoms with Gasteiger partial charge in [-0.15, -0.1) is 0 Å². The highest BCUT2D eigenvalue weighted by atomic mass is 16.3. The van der Waals surface area contributed by atoms with Gasteiger partial charge in [0.2, 0.25) is 0 Å². The monoisotopic (exact) mass is 193 g/mol. The molecule has 1 aliphatic rings. The van der Waals surface area contributed by atoms with E-state index in [1.165, 1.54) is 19.3 Å². The molecule has 1 aliphatic heterocycles. The van der Waals surface area contributed by atoms with E-state index in [4.69, 9.17) is 4.42 Å². The molecule has 0 unspecified atom stereocenters. The van der Waals surface area contributed by atoms with E-state index in [-0.39, 0.29) is 0 Å². The van der Waals surface area contributed by atoms with Crippen LogP contribution in [0, 0.1) is 0 Å². The van der Waals surface area contributed by atoms with E-state index in [9.17, 15) is 0 Å². The van der Waals surface area contributed by atoms with Crippen LogP contribution < -0.4 is 5.53 Å². The van der Waals surface area contributed by atoms with Crippen molar-refractivity contribution in [3.63, 3.8) is 0 Å². The number of hydrogen-bond donors (Lipinski definition) is 1. The van der Waals surface area contributed by atoms with Crippen LogP contribution in [0.3, 0.4) is 0 Å². The Labute approximate surface area is 83.6 Å². The van der Waals surface area contributed by atoms with Crippen molar-refractivity contribution in [3.8, 4) is 0 Å². The lowest BCUT2D eigenvalue weighted by Gasteiger charge is -2.24. The maximum Gasteiger partial charge on any atom is 0.146 e. The summed E-state index contributed by atoms with van der Waals surface area (Å²) >= 11 is 0. The summed E-state index contributed by atoms with van der Waals surface area (Å²) in [5.41, 5.74) is 3.00. The van der Waals surface area contributed by atoms with Gasteiger partial charge in [0, 0.05) is 13.1 Å². The Bertz CT molecular complexity index is 276. The molecule has 4 heteroatoms. The highest BCUT2D eigenvalue weighted by molar-refractivity contribution is 5.75. The summed E-state index contributed by atoms with van der Waals surface area (Å²) in [6, 6.07) is 3.73. The standard InChI is InChI=1S/C10H15N3O/c1-2-6-13(7-3-1)12-11-9-10-5-4-8-14-10/h4-5,8-9,12H,1-3,6-7H2. The van der Waals surface area contributed by atoms with Gasteiger partial charge in [-0.3, -0.25) is 0 Å². The molecule has 0 atom stereocenters. The molecule has 4 nitrogen and oxygen atoms in total. The lowest BCUT2D eigenvalue weighted by atomic mass is 10.2. The second kappa shape index (κ2) is 4.81. The van der Waals surface area contributed by atoms with Crippen LogP contribution in [-0.2, 0) is 0 Å². The van der Waals surface area contributed by atoms with Gasteiger partial charge in [0.05, 0.1) is 12.5 Å². The van der Waals surface area contributed by atoms with Gasteiger partial charge in [-0.2, -0.15) is 5.10 Å². The minimum absolute atomic E-state index is 0.773. The van der Waals surface area contributed by atoms with Crippen LogP contribution in [0.4, 0.5) is 0 Å². The Morgan fingerprint density at radius 1 is 1.36 bits per heavy atom. The zero-order chi connectivity index (χ0) is 9.64. The maximum atomic E-state index is 5.12. The molecule has 0 radical (unpaired) electrons. The number of nitrogens with one attached hydrogen (secondary N) is 1. The van der Waals surface area contributed by atoms with Crippen LogP contribution in [0.5, 0.6) is 0 Å². The fourth-order valence-corrected chi connectivity index (χ4v) is 1.53. The first-order valence-corrected chi connectivity index (χ1v) is 5.02. The van der Waals surface area contributed by atoms with Gasteiger partial charge in [-0.25, -0.2) is 10.5 Å². The molecule has 0 aromatic carbocycles. The molecule has 76 valence electrons. The molecule has 1 saturated heterocycles. The average molecular weight is 193 g/mol. The first kappa shape index (κ1) is 9.27. The van der Waals surface area contributed by atoms with Crippen LogP contribution >= 0.6 is 0 Å². The Morgan fingerprint density at radius 3 is 2.93 bits per heavy atom. The SMILES string of the molecule is C(=NNN1CCCCC1)c1ccco1. The van der Waals surface area contributed by atoms with Crippen molar-refractivity contribution < 1.29 is 4.42 Å². The van der Waals surface area contributed by atoms with Crippen molar-refractivity contribution in [2.45, 2.75) is 19.3 Å². The van der Waals surface area contributed by atoms with E-state index in [1.807, 2.05) is 12.1 Å². The predicted octanol–water partition coefficient (Wildman–Crippen LogP) is 1.60. The normalized spacial score (nSPS) is 18.9. The number of hydrazine groups is 1. The molecule has 0 aliphatic carbocycles. The Balaban J connectivity index is 1.76. The smallest absolute Gasteiger partial charge is 0.146 e. The molecule has 1 fully saturated rings.